The molecule has 2 amide bonds. The van der Waals surface area contributed by atoms with Crippen molar-refractivity contribution in [1.82, 2.24) is 19.5 Å². The van der Waals surface area contributed by atoms with Gasteiger partial charge in [0.15, 0.2) is 5.65 Å². The second-order valence-corrected chi connectivity index (χ2v) is 10.5. The van der Waals surface area contributed by atoms with E-state index in [1.165, 1.54) is 18.2 Å². The lowest BCUT2D eigenvalue weighted by Crippen LogP contribution is -2.27. The van der Waals surface area contributed by atoms with Crippen LogP contribution in [0.4, 0.5) is 21.7 Å². The number of hydrogen-bond donors (Lipinski definition) is 2. The predicted octanol–water partition coefficient (Wildman–Crippen LogP) is 6.43. The molecule has 0 aliphatic carbocycles. The molecule has 0 bridgehead atoms. The van der Waals surface area contributed by atoms with Crippen molar-refractivity contribution in [2.75, 3.05) is 30.8 Å². The third-order valence-electron chi connectivity index (χ3n) is 7.65. The van der Waals surface area contributed by atoms with Crippen molar-refractivity contribution < 1.29 is 18.7 Å². The van der Waals surface area contributed by atoms with E-state index in [4.69, 9.17) is 4.74 Å². The molecular formula is C34H31FN6O3. The number of methoxy groups -OCH3 is 1. The number of likely N-dealkylation sites (tertiary alicyclic amines) is 1. The maximum Gasteiger partial charge on any atom is 0.253 e. The summed E-state index contributed by atoms with van der Waals surface area (Å²) in [6.07, 6.45) is 5.47. The van der Waals surface area contributed by atoms with Gasteiger partial charge in [0.25, 0.3) is 5.91 Å². The van der Waals surface area contributed by atoms with Crippen LogP contribution in [0.5, 0.6) is 5.75 Å². The van der Waals surface area contributed by atoms with Gasteiger partial charge in [-0.1, -0.05) is 30.3 Å². The highest BCUT2D eigenvalue weighted by molar-refractivity contribution is 5.97. The van der Waals surface area contributed by atoms with Crippen molar-refractivity contribution in [2.45, 2.75) is 18.8 Å². The minimum Gasteiger partial charge on any atom is -0.495 e. The number of fused-ring (bicyclic) bond motifs is 1. The van der Waals surface area contributed by atoms with Gasteiger partial charge in [-0.2, -0.15) is 4.98 Å². The van der Waals surface area contributed by atoms with Crippen molar-refractivity contribution in [3.05, 3.63) is 115 Å². The third-order valence-corrected chi connectivity index (χ3v) is 7.65. The van der Waals surface area contributed by atoms with Gasteiger partial charge < -0.3 is 20.3 Å². The van der Waals surface area contributed by atoms with E-state index in [2.05, 4.69) is 27.3 Å². The largest absolute Gasteiger partial charge is 0.495 e. The molecule has 6 rings (SSSR count). The average molecular weight is 591 g/mol. The van der Waals surface area contributed by atoms with Gasteiger partial charge in [0.2, 0.25) is 11.9 Å². The fourth-order valence-corrected chi connectivity index (χ4v) is 5.29. The second-order valence-electron chi connectivity index (χ2n) is 10.5. The van der Waals surface area contributed by atoms with Crippen LogP contribution in [0.25, 0.3) is 16.8 Å². The number of aromatic nitrogens is 3. The number of nitrogens with one attached hydrogen (secondary N) is 2. The Morgan fingerprint density at radius 1 is 0.977 bits per heavy atom. The molecule has 0 radical (unpaired) electrons. The number of pyridine rings is 1. The number of carbonyl (C=O) groups is 2. The first-order valence-electron chi connectivity index (χ1n) is 14.3. The minimum atomic E-state index is -0.608. The normalized spacial score (nSPS) is 13.5. The quantitative estimate of drug-likeness (QED) is 0.192. The smallest absolute Gasteiger partial charge is 0.253 e. The number of ether oxygens (including phenoxy) is 1. The summed E-state index contributed by atoms with van der Waals surface area (Å²) in [4.78, 5) is 32.1. The van der Waals surface area contributed by atoms with Gasteiger partial charge in [0.05, 0.1) is 18.7 Å². The van der Waals surface area contributed by atoms with Crippen LogP contribution in [0, 0.1) is 5.82 Å². The zero-order valence-corrected chi connectivity index (χ0v) is 24.2. The van der Waals surface area contributed by atoms with E-state index in [1.54, 1.807) is 42.0 Å². The van der Waals surface area contributed by atoms with Crippen molar-refractivity contribution in [1.29, 1.82) is 0 Å². The van der Waals surface area contributed by atoms with Gasteiger partial charge in [-0.3, -0.25) is 9.59 Å². The SMILES string of the molecule is C=CC(C(=O)Nc1ccc(-c2ccc3nc(Nc4ccc(C(=O)N5CCCC5)cc4OC)nn3c2)cc1)c1ccc(F)cc1. The first-order chi connectivity index (χ1) is 21.4. The average Bonchev–Trinajstić information content (AvgIpc) is 3.72. The highest BCUT2D eigenvalue weighted by Crippen LogP contribution is 2.30. The number of benzene rings is 3. The van der Waals surface area contributed by atoms with Crippen LogP contribution < -0.4 is 15.4 Å². The topological polar surface area (TPSA) is 101 Å². The summed E-state index contributed by atoms with van der Waals surface area (Å²) in [7, 11) is 1.56. The van der Waals surface area contributed by atoms with Crippen molar-refractivity contribution in [3.8, 4) is 16.9 Å². The van der Waals surface area contributed by atoms with Crippen LogP contribution in [0.3, 0.4) is 0 Å². The summed E-state index contributed by atoms with van der Waals surface area (Å²) in [5, 5.41) is 10.7. The molecule has 1 saturated heterocycles. The summed E-state index contributed by atoms with van der Waals surface area (Å²) >= 11 is 0. The summed E-state index contributed by atoms with van der Waals surface area (Å²) in [5.41, 5.74) is 5.00. The second kappa shape index (κ2) is 12.4. The molecule has 1 fully saturated rings. The van der Waals surface area contributed by atoms with Gasteiger partial charge in [-0.25, -0.2) is 8.91 Å². The lowest BCUT2D eigenvalue weighted by molar-refractivity contribution is -0.116. The van der Waals surface area contributed by atoms with Crippen LogP contribution in [0.2, 0.25) is 0 Å². The molecule has 10 heteroatoms. The molecular weight excluding hydrogens is 559 g/mol. The highest BCUT2D eigenvalue weighted by atomic mass is 19.1. The molecule has 2 aromatic heterocycles. The number of carbonyl (C=O) groups excluding carboxylic acids is 2. The summed E-state index contributed by atoms with van der Waals surface area (Å²) < 4.78 is 20.6. The third kappa shape index (κ3) is 6.00. The number of nitrogens with zero attached hydrogens (tertiary/aromatic N) is 4. The maximum absolute atomic E-state index is 13.3. The minimum absolute atomic E-state index is 0.00658. The van der Waals surface area contributed by atoms with Gasteiger partial charge in [-0.15, -0.1) is 11.7 Å². The van der Waals surface area contributed by atoms with E-state index in [0.29, 0.717) is 39.8 Å². The Morgan fingerprint density at radius 2 is 1.70 bits per heavy atom. The van der Waals surface area contributed by atoms with E-state index in [1.807, 2.05) is 47.5 Å². The Hall–Kier alpha value is -5.51. The number of halogens is 1. The summed E-state index contributed by atoms with van der Waals surface area (Å²) in [6, 6.07) is 22.4. The van der Waals surface area contributed by atoms with Crippen molar-refractivity contribution in [3.63, 3.8) is 0 Å². The zero-order valence-electron chi connectivity index (χ0n) is 24.2. The molecule has 0 saturated carbocycles. The Balaban J connectivity index is 1.15. The first kappa shape index (κ1) is 28.6. The molecule has 0 spiro atoms. The Morgan fingerprint density at radius 3 is 2.41 bits per heavy atom. The molecule has 2 N–H and O–H groups in total. The van der Waals surface area contributed by atoms with Crippen LogP contribution in [-0.4, -0.2) is 51.5 Å². The molecule has 3 heterocycles. The molecule has 3 aromatic carbocycles. The van der Waals surface area contributed by atoms with Crippen LogP contribution in [-0.2, 0) is 4.79 Å². The molecule has 9 nitrogen and oxygen atoms in total. The molecule has 1 unspecified atom stereocenters. The van der Waals surface area contributed by atoms with Gasteiger partial charge in [-0.05, 0) is 78.6 Å². The molecule has 1 aliphatic heterocycles. The number of rotatable bonds is 9. The van der Waals surface area contributed by atoms with Crippen LogP contribution in [0.15, 0.2) is 97.7 Å². The molecule has 5 aromatic rings. The molecule has 44 heavy (non-hydrogen) atoms. The number of amides is 2. The molecule has 1 aliphatic rings. The summed E-state index contributed by atoms with van der Waals surface area (Å²) in [5.74, 6) is -0.307. The molecule has 222 valence electrons. The van der Waals surface area contributed by atoms with Crippen LogP contribution >= 0.6 is 0 Å². The number of anilines is 3. The van der Waals surface area contributed by atoms with E-state index in [0.717, 1.165) is 37.1 Å². The number of hydrogen-bond acceptors (Lipinski definition) is 6. The van der Waals surface area contributed by atoms with Gasteiger partial charge in [0, 0.05) is 36.1 Å². The van der Waals surface area contributed by atoms with Crippen LogP contribution in [0.1, 0.15) is 34.7 Å². The maximum atomic E-state index is 13.3. The lowest BCUT2D eigenvalue weighted by atomic mass is 9.98. The highest BCUT2D eigenvalue weighted by Gasteiger charge is 2.21. The Kier molecular flexibility index (Phi) is 8.05. The predicted molar refractivity (Wildman–Crippen MR) is 168 cm³/mol. The van der Waals surface area contributed by atoms with Crippen molar-refractivity contribution in [2.24, 2.45) is 0 Å². The fraction of sp³-hybridized carbons (Fsp3) is 0.176. The van der Waals surface area contributed by atoms with Gasteiger partial charge >= 0.3 is 0 Å². The van der Waals surface area contributed by atoms with Gasteiger partial charge in [0.1, 0.15) is 11.6 Å². The van der Waals surface area contributed by atoms with Crippen molar-refractivity contribution >= 4 is 34.8 Å². The monoisotopic (exact) mass is 590 g/mol. The lowest BCUT2D eigenvalue weighted by Gasteiger charge is -2.16. The Bertz CT molecular complexity index is 1830. The Labute approximate surface area is 254 Å². The standard InChI is InChI=1S/C34H31FN6O3/c1-3-28(23-6-12-26(35)13-7-23)32(42)36-27-14-8-22(9-15-27)25-11-17-31-38-34(39-41(31)21-25)37-29-16-10-24(20-30(29)44-2)33(43)40-18-4-5-19-40/h3,6-17,20-21,28H,1,4-5,18-19H2,2H3,(H,36,42)(H,37,39). The van der Waals surface area contributed by atoms with E-state index >= 15 is 0 Å². The fourth-order valence-electron chi connectivity index (χ4n) is 5.29. The van der Waals surface area contributed by atoms with E-state index < -0.39 is 5.92 Å². The molecule has 1 atom stereocenters. The zero-order chi connectivity index (χ0) is 30.6. The van der Waals surface area contributed by atoms with E-state index in [9.17, 15) is 14.0 Å². The first-order valence-corrected chi connectivity index (χ1v) is 14.3. The summed E-state index contributed by atoms with van der Waals surface area (Å²) in [6.45, 7) is 5.33. The van der Waals surface area contributed by atoms with E-state index in [-0.39, 0.29) is 17.6 Å².